The number of hydrogen-bond donors (Lipinski definition) is 1. The van der Waals surface area contributed by atoms with Gasteiger partial charge in [-0.15, -0.1) is 0 Å². The van der Waals surface area contributed by atoms with Crippen molar-refractivity contribution < 1.29 is 0 Å². The van der Waals surface area contributed by atoms with Crippen LogP contribution in [-0.4, -0.2) is 22.4 Å². The fourth-order valence-corrected chi connectivity index (χ4v) is 2.19. The molecule has 1 heterocycles. The molecule has 0 saturated heterocycles. The summed E-state index contributed by atoms with van der Waals surface area (Å²) in [4.78, 5) is 0. The van der Waals surface area contributed by atoms with Crippen LogP contribution in [0.4, 0.5) is 0 Å². The molecule has 3 nitrogen and oxygen atoms in total. The normalized spacial score (nSPS) is 13.7. The molecule has 0 aliphatic heterocycles. The van der Waals surface area contributed by atoms with Gasteiger partial charge in [-0.2, -0.15) is 5.10 Å². The van der Waals surface area contributed by atoms with E-state index in [1.165, 1.54) is 5.69 Å². The highest BCUT2D eigenvalue weighted by Crippen LogP contribution is 2.26. The lowest BCUT2D eigenvalue weighted by Crippen LogP contribution is -2.33. The van der Waals surface area contributed by atoms with Crippen LogP contribution >= 0.6 is 15.9 Å². The van der Waals surface area contributed by atoms with Crippen LogP contribution in [0.5, 0.6) is 0 Å². The van der Waals surface area contributed by atoms with Gasteiger partial charge in [-0.3, -0.25) is 4.68 Å². The summed E-state index contributed by atoms with van der Waals surface area (Å²) in [5.41, 5.74) is 2.28. The molecule has 1 rings (SSSR count). The van der Waals surface area contributed by atoms with E-state index in [0.29, 0.717) is 18.0 Å². The monoisotopic (exact) mass is 301 g/mol. The van der Waals surface area contributed by atoms with Gasteiger partial charge in [-0.1, -0.05) is 27.7 Å². The lowest BCUT2D eigenvalue weighted by Gasteiger charge is -2.24. The minimum atomic E-state index is 0.405. The lowest BCUT2D eigenvalue weighted by atomic mass is 10.0. The molecule has 1 atom stereocenters. The summed E-state index contributed by atoms with van der Waals surface area (Å²) in [6.45, 7) is 14.0. The minimum absolute atomic E-state index is 0.405. The van der Waals surface area contributed by atoms with E-state index in [1.807, 2.05) is 6.92 Å². The number of hydrogen-bond acceptors (Lipinski definition) is 2. The van der Waals surface area contributed by atoms with E-state index in [4.69, 9.17) is 0 Å². The highest BCUT2D eigenvalue weighted by atomic mass is 79.9. The van der Waals surface area contributed by atoms with E-state index in [9.17, 15) is 0 Å². The van der Waals surface area contributed by atoms with Crippen LogP contribution < -0.4 is 5.32 Å². The molecular formula is C13H24BrN3. The standard InChI is InChI=1S/C13H24BrN3/c1-8(2)12(7-15-9(3)4)17-11(6)13(14)10(5)16-17/h8-9,12,15H,7H2,1-6H3. The van der Waals surface area contributed by atoms with Gasteiger partial charge in [-0.25, -0.2) is 0 Å². The smallest absolute Gasteiger partial charge is 0.0738 e. The first-order valence-corrected chi connectivity index (χ1v) is 7.08. The Hall–Kier alpha value is -0.350. The van der Waals surface area contributed by atoms with Crippen molar-refractivity contribution in [3.63, 3.8) is 0 Å². The molecule has 0 spiro atoms. The molecule has 1 N–H and O–H groups in total. The molecule has 1 aromatic heterocycles. The zero-order valence-corrected chi connectivity index (χ0v) is 13.3. The molecule has 98 valence electrons. The molecule has 0 bridgehead atoms. The van der Waals surface area contributed by atoms with Gasteiger partial charge in [0.25, 0.3) is 0 Å². The third-order valence-corrected chi connectivity index (χ3v) is 4.20. The quantitative estimate of drug-likeness (QED) is 0.902. The summed E-state index contributed by atoms with van der Waals surface area (Å²) >= 11 is 3.59. The van der Waals surface area contributed by atoms with Crippen molar-refractivity contribution >= 4 is 15.9 Å². The number of halogens is 1. The molecule has 0 fully saturated rings. The topological polar surface area (TPSA) is 29.9 Å². The molecule has 1 aromatic rings. The van der Waals surface area contributed by atoms with Crippen LogP contribution in [0.2, 0.25) is 0 Å². The van der Waals surface area contributed by atoms with E-state index in [-0.39, 0.29) is 0 Å². The van der Waals surface area contributed by atoms with Crippen LogP contribution in [-0.2, 0) is 0 Å². The van der Waals surface area contributed by atoms with Gasteiger partial charge in [0, 0.05) is 12.6 Å². The second-order valence-electron chi connectivity index (χ2n) is 5.30. The predicted octanol–water partition coefficient (Wildman–Crippen LogP) is 3.46. The van der Waals surface area contributed by atoms with E-state index >= 15 is 0 Å². The van der Waals surface area contributed by atoms with Gasteiger partial charge in [0.15, 0.2) is 0 Å². The van der Waals surface area contributed by atoms with E-state index in [1.54, 1.807) is 0 Å². The van der Waals surface area contributed by atoms with Gasteiger partial charge in [0.05, 0.1) is 21.9 Å². The van der Waals surface area contributed by atoms with Gasteiger partial charge >= 0.3 is 0 Å². The largest absolute Gasteiger partial charge is 0.312 e. The Morgan fingerprint density at radius 3 is 2.18 bits per heavy atom. The summed E-state index contributed by atoms with van der Waals surface area (Å²) in [6.07, 6.45) is 0. The number of aryl methyl sites for hydroxylation is 1. The second kappa shape index (κ2) is 6.01. The van der Waals surface area contributed by atoms with Crippen molar-refractivity contribution in [2.75, 3.05) is 6.54 Å². The molecule has 1 unspecified atom stereocenters. The Morgan fingerprint density at radius 1 is 1.24 bits per heavy atom. The first-order chi connectivity index (χ1) is 7.84. The Balaban J connectivity index is 2.93. The average molecular weight is 302 g/mol. The molecule has 0 aromatic carbocycles. The molecule has 4 heteroatoms. The van der Waals surface area contributed by atoms with E-state index in [2.05, 4.69) is 65.6 Å². The molecule has 17 heavy (non-hydrogen) atoms. The van der Waals surface area contributed by atoms with Crippen molar-refractivity contribution in [3.05, 3.63) is 15.9 Å². The van der Waals surface area contributed by atoms with Crippen LogP contribution in [0.1, 0.15) is 45.1 Å². The highest BCUT2D eigenvalue weighted by molar-refractivity contribution is 9.10. The predicted molar refractivity (Wildman–Crippen MR) is 76.4 cm³/mol. The number of nitrogens with zero attached hydrogens (tertiary/aromatic N) is 2. The fraction of sp³-hybridized carbons (Fsp3) is 0.769. The molecule has 0 aliphatic rings. The Labute approximate surface area is 113 Å². The average Bonchev–Trinajstić information content (AvgIpc) is 2.46. The van der Waals surface area contributed by atoms with Crippen LogP contribution in [0, 0.1) is 19.8 Å². The fourth-order valence-electron chi connectivity index (χ4n) is 1.93. The van der Waals surface area contributed by atoms with Crippen molar-refractivity contribution in [1.82, 2.24) is 15.1 Å². The molecule has 0 radical (unpaired) electrons. The second-order valence-corrected chi connectivity index (χ2v) is 6.10. The zero-order valence-electron chi connectivity index (χ0n) is 11.7. The van der Waals surface area contributed by atoms with Crippen molar-refractivity contribution in [2.24, 2.45) is 5.92 Å². The zero-order chi connectivity index (χ0) is 13.2. The van der Waals surface area contributed by atoms with E-state index in [0.717, 1.165) is 16.7 Å². The molecule has 0 amide bonds. The summed E-state index contributed by atoms with van der Waals surface area (Å²) in [5.74, 6) is 0.561. The summed E-state index contributed by atoms with van der Waals surface area (Å²) in [7, 11) is 0. The van der Waals surface area contributed by atoms with Crippen molar-refractivity contribution in [3.8, 4) is 0 Å². The summed E-state index contributed by atoms with van der Waals surface area (Å²) < 4.78 is 3.28. The maximum atomic E-state index is 4.64. The van der Waals surface area contributed by atoms with Crippen molar-refractivity contribution in [1.29, 1.82) is 0 Å². The van der Waals surface area contributed by atoms with Gasteiger partial charge in [0.2, 0.25) is 0 Å². The Kier molecular flexibility index (Phi) is 5.20. The minimum Gasteiger partial charge on any atom is -0.312 e. The summed E-state index contributed by atoms with van der Waals surface area (Å²) in [6, 6.07) is 0.916. The SMILES string of the molecule is Cc1nn(C(CNC(C)C)C(C)C)c(C)c1Br. The van der Waals surface area contributed by atoms with Crippen molar-refractivity contribution in [2.45, 2.75) is 53.6 Å². The van der Waals surface area contributed by atoms with Gasteiger partial charge < -0.3 is 5.32 Å². The molecule has 0 aliphatic carbocycles. The summed E-state index contributed by atoms with van der Waals surface area (Å²) in [5, 5.41) is 8.14. The Morgan fingerprint density at radius 2 is 1.82 bits per heavy atom. The lowest BCUT2D eigenvalue weighted by molar-refractivity contribution is 0.316. The number of aromatic nitrogens is 2. The Bertz CT molecular complexity index is 369. The third-order valence-electron chi connectivity index (χ3n) is 3.06. The first-order valence-electron chi connectivity index (χ1n) is 6.29. The van der Waals surface area contributed by atoms with Crippen LogP contribution in [0.3, 0.4) is 0 Å². The van der Waals surface area contributed by atoms with Crippen LogP contribution in [0.25, 0.3) is 0 Å². The maximum Gasteiger partial charge on any atom is 0.0738 e. The highest BCUT2D eigenvalue weighted by Gasteiger charge is 2.20. The third kappa shape index (κ3) is 3.55. The first kappa shape index (κ1) is 14.7. The van der Waals surface area contributed by atoms with Gasteiger partial charge in [-0.05, 0) is 35.7 Å². The number of rotatable bonds is 5. The molecular weight excluding hydrogens is 278 g/mol. The van der Waals surface area contributed by atoms with Gasteiger partial charge in [0.1, 0.15) is 0 Å². The molecule has 0 saturated carbocycles. The maximum absolute atomic E-state index is 4.64. The van der Waals surface area contributed by atoms with E-state index < -0.39 is 0 Å². The number of nitrogens with one attached hydrogen (secondary N) is 1. The van der Waals surface area contributed by atoms with Crippen LogP contribution in [0.15, 0.2) is 4.47 Å².